The number of carbonyl (C=O) groups excluding carboxylic acids is 4. The number of hydrogen-bond donors (Lipinski definition) is 3. The molecule has 0 aliphatic rings. The lowest BCUT2D eigenvalue weighted by molar-refractivity contribution is -0.156. The molecule has 1 atom stereocenters. The van der Waals surface area contributed by atoms with Crippen molar-refractivity contribution in [2.75, 3.05) is 0 Å². The van der Waals surface area contributed by atoms with Crippen LogP contribution in [0.15, 0.2) is 30.3 Å². The summed E-state index contributed by atoms with van der Waals surface area (Å²) < 4.78 is 15.3. The number of hydrogen-bond acceptors (Lipinski definition) is 7. The molecule has 3 amide bonds. The fourth-order valence-corrected chi connectivity index (χ4v) is 2.17. The number of rotatable bonds is 6. The van der Waals surface area contributed by atoms with E-state index < -0.39 is 47.7 Å². The van der Waals surface area contributed by atoms with Crippen molar-refractivity contribution in [3.63, 3.8) is 0 Å². The molecule has 0 saturated carbocycles. The van der Waals surface area contributed by atoms with E-state index in [1.165, 1.54) is 0 Å². The third kappa shape index (κ3) is 12.1. The lowest BCUT2D eigenvalue weighted by Crippen LogP contribution is -2.54. The molecule has 0 aliphatic heterocycles. The number of nitrogens with one attached hydrogen (secondary N) is 3. The second kappa shape index (κ2) is 11.2. The number of amides is 3. The molecule has 0 radical (unpaired) electrons. The zero-order valence-electron chi connectivity index (χ0n) is 18.7. The van der Waals surface area contributed by atoms with Crippen LogP contribution in [0, 0.1) is 0 Å². The average molecular weight is 437 g/mol. The van der Waals surface area contributed by atoms with Gasteiger partial charge < -0.3 is 19.5 Å². The minimum absolute atomic E-state index is 0.0242. The highest BCUT2D eigenvalue weighted by molar-refractivity contribution is 5.90. The van der Waals surface area contributed by atoms with Crippen LogP contribution >= 0.6 is 0 Å². The molecule has 31 heavy (non-hydrogen) atoms. The molecule has 0 spiro atoms. The summed E-state index contributed by atoms with van der Waals surface area (Å²) in [7, 11) is 0. The number of benzene rings is 1. The molecule has 10 nitrogen and oxygen atoms in total. The Balaban J connectivity index is 2.72. The lowest BCUT2D eigenvalue weighted by Gasteiger charge is -2.23. The van der Waals surface area contributed by atoms with Crippen molar-refractivity contribution >= 4 is 24.1 Å². The molecule has 1 rings (SSSR count). The molecule has 0 heterocycles. The highest BCUT2D eigenvalue weighted by atomic mass is 16.6. The van der Waals surface area contributed by atoms with E-state index in [1.807, 2.05) is 6.07 Å². The van der Waals surface area contributed by atoms with Gasteiger partial charge in [-0.05, 0) is 47.1 Å². The Morgan fingerprint density at radius 2 is 1.42 bits per heavy atom. The maximum Gasteiger partial charge on any atom is 0.426 e. The van der Waals surface area contributed by atoms with Crippen LogP contribution in [0.3, 0.4) is 0 Å². The summed E-state index contributed by atoms with van der Waals surface area (Å²) in [5.41, 5.74) is 3.37. The summed E-state index contributed by atoms with van der Waals surface area (Å²) in [6.07, 6.45) is -2.28. The first-order chi connectivity index (χ1) is 14.2. The maximum atomic E-state index is 12.5. The molecular formula is C21H31N3O7. The SMILES string of the molecule is CC(C)(C)OC(=O)C[C@H](NC(=O)OCc1ccccc1)C(=O)NNC(=O)OC(C)(C)C. The summed E-state index contributed by atoms with van der Waals surface area (Å²) in [5, 5.41) is 2.31. The lowest BCUT2D eigenvalue weighted by atomic mass is 10.1. The predicted molar refractivity (Wildman–Crippen MR) is 112 cm³/mol. The molecule has 0 unspecified atom stereocenters. The van der Waals surface area contributed by atoms with Gasteiger partial charge in [0.2, 0.25) is 0 Å². The van der Waals surface area contributed by atoms with Gasteiger partial charge in [-0.3, -0.25) is 15.0 Å². The van der Waals surface area contributed by atoms with Gasteiger partial charge in [0.05, 0.1) is 6.42 Å². The molecule has 1 aromatic rings. The molecule has 1 aromatic carbocycles. The molecule has 3 N–H and O–H groups in total. The van der Waals surface area contributed by atoms with Gasteiger partial charge in [-0.2, -0.15) is 0 Å². The molecule has 0 saturated heterocycles. The van der Waals surface area contributed by atoms with E-state index in [0.717, 1.165) is 5.56 Å². The van der Waals surface area contributed by atoms with Crippen molar-refractivity contribution in [1.29, 1.82) is 0 Å². The smallest absolute Gasteiger partial charge is 0.426 e. The standard InChI is InChI=1S/C21H31N3O7/c1-20(2,3)30-16(25)12-15(17(26)23-24-19(28)31-21(4,5)6)22-18(27)29-13-14-10-8-7-9-11-14/h7-11,15H,12-13H2,1-6H3,(H,22,27)(H,23,26)(H,24,28)/t15-/m0/s1. The molecule has 0 bridgehead atoms. The first-order valence-corrected chi connectivity index (χ1v) is 9.73. The second-order valence-electron chi connectivity index (χ2n) is 8.67. The molecule has 172 valence electrons. The second-order valence-corrected chi connectivity index (χ2v) is 8.67. The molecule has 0 aromatic heterocycles. The van der Waals surface area contributed by atoms with Gasteiger partial charge in [-0.15, -0.1) is 0 Å². The number of hydrazine groups is 1. The summed E-state index contributed by atoms with van der Waals surface area (Å²) in [4.78, 5) is 48.5. The van der Waals surface area contributed by atoms with E-state index in [9.17, 15) is 19.2 Å². The minimum atomic E-state index is -1.35. The Labute approximate surface area is 182 Å². The van der Waals surface area contributed by atoms with Gasteiger partial charge in [0.15, 0.2) is 0 Å². The first-order valence-electron chi connectivity index (χ1n) is 9.73. The van der Waals surface area contributed by atoms with Crippen LogP contribution in [-0.2, 0) is 30.4 Å². The van der Waals surface area contributed by atoms with Crippen molar-refractivity contribution < 1.29 is 33.4 Å². The zero-order valence-corrected chi connectivity index (χ0v) is 18.7. The first kappa shape index (κ1) is 25.7. The van der Waals surface area contributed by atoms with Gasteiger partial charge in [-0.25, -0.2) is 15.0 Å². The van der Waals surface area contributed by atoms with Crippen LogP contribution in [0.5, 0.6) is 0 Å². The van der Waals surface area contributed by atoms with Crippen LogP contribution in [0.4, 0.5) is 9.59 Å². The van der Waals surface area contributed by atoms with Crippen LogP contribution < -0.4 is 16.2 Å². The Morgan fingerprint density at radius 3 is 1.97 bits per heavy atom. The van der Waals surface area contributed by atoms with E-state index in [1.54, 1.807) is 65.8 Å². The van der Waals surface area contributed by atoms with Gasteiger partial charge in [-0.1, -0.05) is 30.3 Å². The summed E-state index contributed by atoms with van der Waals surface area (Å²) in [5.74, 6) is -1.57. The van der Waals surface area contributed by atoms with E-state index in [-0.39, 0.29) is 6.61 Å². The number of esters is 1. The third-order valence-corrected chi connectivity index (χ3v) is 3.30. The quantitative estimate of drug-likeness (QED) is 0.354. The van der Waals surface area contributed by atoms with E-state index >= 15 is 0 Å². The van der Waals surface area contributed by atoms with Gasteiger partial charge in [0.25, 0.3) is 5.91 Å². The van der Waals surface area contributed by atoms with Crippen molar-refractivity contribution in [3.05, 3.63) is 35.9 Å². The van der Waals surface area contributed by atoms with Gasteiger partial charge in [0.1, 0.15) is 23.9 Å². The normalized spacial score (nSPS) is 12.2. The van der Waals surface area contributed by atoms with Gasteiger partial charge >= 0.3 is 18.2 Å². The van der Waals surface area contributed by atoms with E-state index in [0.29, 0.717) is 0 Å². The third-order valence-electron chi connectivity index (χ3n) is 3.30. The topological polar surface area (TPSA) is 132 Å². The van der Waals surface area contributed by atoms with Crippen molar-refractivity contribution in [3.8, 4) is 0 Å². The number of ether oxygens (including phenoxy) is 3. The Bertz CT molecular complexity index is 767. The molecule has 0 fully saturated rings. The predicted octanol–water partition coefficient (Wildman–Crippen LogP) is 2.57. The van der Waals surface area contributed by atoms with Crippen molar-refractivity contribution in [2.45, 2.75) is 71.8 Å². The molecule has 0 aliphatic carbocycles. The Kier molecular flexibility index (Phi) is 9.29. The molecule has 10 heteroatoms. The van der Waals surface area contributed by atoms with Crippen LogP contribution in [0.1, 0.15) is 53.5 Å². The highest BCUT2D eigenvalue weighted by Gasteiger charge is 2.28. The fourth-order valence-electron chi connectivity index (χ4n) is 2.17. The van der Waals surface area contributed by atoms with Crippen LogP contribution in [0.2, 0.25) is 0 Å². The molecular weight excluding hydrogens is 406 g/mol. The Morgan fingerprint density at radius 1 is 0.839 bits per heavy atom. The van der Waals surface area contributed by atoms with Gasteiger partial charge in [0, 0.05) is 0 Å². The largest absolute Gasteiger partial charge is 0.460 e. The van der Waals surface area contributed by atoms with E-state index in [4.69, 9.17) is 14.2 Å². The maximum absolute atomic E-state index is 12.5. The fraction of sp³-hybridized carbons (Fsp3) is 0.524. The zero-order chi connectivity index (χ0) is 23.7. The minimum Gasteiger partial charge on any atom is -0.460 e. The average Bonchev–Trinajstić information content (AvgIpc) is 2.62. The van der Waals surface area contributed by atoms with Crippen molar-refractivity contribution in [2.24, 2.45) is 0 Å². The number of alkyl carbamates (subject to hydrolysis) is 1. The van der Waals surface area contributed by atoms with Crippen LogP contribution in [0.25, 0.3) is 0 Å². The summed E-state index contributed by atoms with van der Waals surface area (Å²) in [6, 6.07) is 7.58. The Hall–Kier alpha value is -3.30. The van der Waals surface area contributed by atoms with E-state index in [2.05, 4.69) is 16.2 Å². The summed E-state index contributed by atoms with van der Waals surface area (Å²) >= 11 is 0. The summed E-state index contributed by atoms with van der Waals surface area (Å²) in [6.45, 7) is 9.96. The highest BCUT2D eigenvalue weighted by Crippen LogP contribution is 2.10. The van der Waals surface area contributed by atoms with Crippen molar-refractivity contribution in [1.82, 2.24) is 16.2 Å². The van der Waals surface area contributed by atoms with Crippen LogP contribution in [-0.4, -0.2) is 41.3 Å². The number of carbonyl (C=O) groups is 4. The monoisotopic (exact) mass is 437 g/mol.